The van der Waals surface area contributed by atoms with Gasteiger partial charge in [0, 0.05) is 10.7 Å². The van der Waals surface area contributed by atoms with Gasteiger partial charge in [0.1, 0.15) is 5.82 Å². The number of benzene rings is 2. The van der Waals surface area contributed by atoms with Crippen molar-refractivity contribution in [2.75, 3.05) is 5.32 Å². The normalized spacial score (nSPS) is 10.3. The summed E-state index contributed by atoms with van der Waals surface area (Å²) in [6.07, 6.45) is 0. The minimum Gasteiger partial charge on any atom is -0.478 e. The Hall–Kier alpha value is -1.78. The molecule has 3 nitrogen and oxygen atoms in total. The van der Waals surface area contributed by atoms with Crippen LogP contribution in [0.15, 0.2) is 36.4 Å². The molecule has 0 amide bonds. The Kier molecular flexibility index (Phi) is 3.93. The summed E-state index contributed by atoms with van der Waals surface area (Å²) in [6, 6.07) is 8.35. The lowest BCUT2D eigenvalue weighted by Crippen LogP contribution is -2.02. The van der Waals surface area contributed by atoms with Crippen molar-refractivity contribution in [3.63, 3.8) is 0 Å². The number of hydrogen-bond donors (Lipinski definition) is 2. The van der Waals surface area contributed by atoms with E-state index in [4.69, 9.17) is 28.3 Å². The smallest absolute Gasteiger partial charge is 0.337 e. The zero-order valence-corrected chi connectivity index (χ0v) is 11.0. The first kappa shape index (κ1) is 13.6. The average Bonchev–Trinajstić information content (AvgIpc) is 2.33. The first-order chi connectivity index (χ1) is 8.97. The van der Waals surface area contributed by atoms with Crippen molar-refractivity contribution in [1.82, 2.24) is 0 Å². The number of carboxylic acid groups (broad SMARTS) is 1. The maximum atomic E-state index is 13.0. The first-order valence-corrected chi connectivity index (χ1v) is 5.98. The molecule has 0 bridgehead atoms. The van der Waals surface area contributed by atoms with E-state index in [1.54, 1.807) is 0 Å². The quantitative estimate of drug-likeness (QED) is 0.872. The van der Waals surface area contributed by atoms with E-state index >= 15 is 0 Å². The molecule has 0 spiro atoms. The van der Waals surface area contributed by atoms with Gasteiger partial charge in [-0.05, 0) is 36.4 Å². The Morgan fingerprint density at radius 2 is 1.89 bits per heavy atom. The van der Waals surface area contributed by atoms with Gasteiger partial charge in [-0.1, -0.05) is 23.2 Å². The van der Waals surface area contributed by atoms with Gasteiger partial charge in [0.05, 0.1) is 16.3 Å². The molecule has 2 aromatic rings. The van der Waals surface area contributed by atoms with Crippen molar-refractivity contribution in [2.45, 2.75) is 0 Å². The van der Waals surface area contributed by atoms with Crippen molar-refractivity contribution in [3.05, 3.63) is 57.8 Å². The number of rotatable bonds is 3. The number of halogens is 3. The molecule has 0 unspecified atom stereocenters. The zero-order chi connectivity index (χ0) is 14.0. The molecule has 0 saturated heterocycles. The third kappa shape index (κ3) is 3.16. The van der Waals surface area contributed by atoms with Gasteiger partial charge in [0.25, 0.3) is 0 Å². The molecule has 6 heteroatoms. The summed E-state index contributed by atoms with van der Waals surface area (Å²) < 4.78 is 13.0. The number of carbonyl (C=O) groups is 1. The van der Waals surface area contributed by atoms with Gasteiger partial charge in [-0.2, -0.15) is 0 Å². The van der Waals surface area contributed by atoms with Gasteiger partial charge in [-0.15, -0.1) is 0 Å². The highest BCUT2D eigenvalue weighted by Crippen LogP contribution is 2.27. The van der Waals surface area contributed by atoms with Crippen LogP contribution >= 0.6 is 23.2 Å². The lowest BCUT2D eigenvalue weighted by Gasteiger charge is -2.10. The lowest BCUT2D eigenvalue weighted by atomic mass is 10.1. The zero-order valence-electron chi connectivity index (χ0n) is 9.45. The Bertz CT molecular complexity index is 647. The Morgan fingerprint density at radius 1 is 1.16 bits per heavy atom. The molecule has 0 aliphatic carbocycles. The molecular formula is C13H8Cl2FNO2. The van der Waals surface area contributed by atoms with Crippen molar-refractivity contribution in [1.29, 1.82) is 0 Å². The summed E-state index contributed by atoms with van der Waals surface area (Å²) in [6.45, 7) is 0. The van der Waals surface area contributed by atoms with E-state index in [0.29, 0.717) is 16.4 Å². The highest BCUT2D eigenvalue weighted by molar-refractivity contribution is 6.31. The van der Waals surface area contributed by atoms with Crippen molar-refractivity contribution in [2.24, 2.45) is 0 Å². The van der Waals surface area contributed by atoms with E-state index in [2.05, 4.69) is 5.32 Å². The summed E-state index contributed by atoms with van der Waals surface area (Å²) in [5, 5.41) is 12.2. The second-order valence-electron chi connectivity index (χ2n) is 3.75. The first-order valence-electron chi connectivity index (χ1n) is 5.22. The summed E-state index contributed by atoms with van der Waals surface area (Å²) in [7, 11) is 0. The maximum absolute atomic E-state index is 13.0. The standard InChI is InChI=1S/C13H8Cl2FNO2/c14-7-1-3-9(13(18)19)12(5-7)17-8-2-4-11(16)10(15)6-8/h1-6,17H,(H,18,19). The molecule has 2 N–H and O–H groups in total. The van der Waals surface area contributed by atoms with Gasteiger partial charge in [-0.3, -0.25) is 0 Å². The molecule has 19 heavy (non-hydrogen) atoms. The second-order valence-corrected chi connectivity index (χ2v) is 4.59. The van der Waals surface area contributed by atoms with Gasteiger partial charge >= 0.3 is 5.97 Å². The van der Waals surface area contributed by atoms with Crippen molar-refractivity contribution < 1.29 is 14.3 Å². The number of nitrogens with one attached hydrogen (secondary N) is 1. The number of aromatic carboxylic acids is 1. The summed E-state index contributed by atoms with van der Waals surface area (Å²) in [4.78, 5) is 11.1. The summed E-state index contributed by atoms with van der Waals surface area (Å²) in [5.41, 5.74) is 0.837. The van der Waals surface area contributed by atoms with E-state index in [1.165, 1.54) is 36.4 Å². The molecule has 2 rings (SSSR count). The number of hydrogen-bond acceptors (Lipinski definition) is 2. The van der Waals surface area contributed by atoms with Crippen LogP contribution in [0.4, 0.5) is 15.8 Å². The van der Waals surface area contributed by atoms with Crippen LogP contribution in [0.3, 0.4) is 0 Å². The van der Waals surface area contributed by atoms with Gasteiger partial charge in [0.2, 0.25) is 0 Å². The topological polar surface area (TPSA) is 49.3 Å². The SMILES string of the molecule is O=C(O)c1ccc(Cl)cc1Nc1ccc(F)c(Cl)c1. The Morgan fingerprint density at radius 3 is 2.53 bits per heavy atom. The largest absolute Gasteiger partial charge is 0.478 e. The van der Waals surface area contributed by atoms with E-state index in [9.17, 15) is 9.18 Å². The fourth-order valence-electron chi connectivity index (χ4n) is 1.54. The Labute approximate surface area is 118 Å². The molecule has 98 valence electrons. The van der Waals surface area contributed by atoms with Gasteiger partial charge in [0.15, 0.2) is 0 Å². The highest BCUT2D eigenvalue weighted by atomic mass is 35.5. The third-order valence-corrected chi connectivity index (χ3v) is 2.94. The predicted molar refractivity (Wildman–Crippen MR) is 73.1 cm³/mol. The third-order valence-electron chi connectivity index (χ3n) is 2.41. The maximum Gasteiger partial charge on any atom is 0.337 e. The van der Waals surface area contributed by atoms with Crippen molar-refractivity contribution in [3.8, 4) is 0 Å². The van der Waals surface area contributed by atoms with Crippen LogP contribution in [0.2, 0.25) is 10.0 Å². The summed E-state index contributed by atoms with van der Waals surface area (Å²) >= 11 is 11.5. The molecule has 0 atom stereocenters. The van der Waals surface area contributed by atoms with Crippen LogP contribution in [0.25, 0.3) is 0 Å². The molecule has 0 radical (unpaired) electrons. The van der Waals surface area contributed by atoms with Crippen LogP contribution in [0.5, 0.6) is 0 Å². The second kappa shape index (κ2) is 5.47. The lowest BCUT2D eigenvalue weighted by molar-refractivity contribution is 0.0698. The molecule has 2 aromatic carbocycles. The molecular weight excluding hydrogens is 292 g/mol. The molecule has 0 saturated carbocycles. The van der Waals surface area contributed by atoms with Crippen LogP contribution in [0.1, 0.15) is 10.4 Å². The number of anilines is 2. The molecule has 0 fully saturated rings. The highest BCUT2D eigenvalue weighted by Gasteiger charge is 2.11. The van der Waals surface area contributed by atoms with Crippen LogP contribution in [-0.4, -0.2) is 11.1 Å². The van der Waals surface area contributed by atoms with Crippen LogP contribution in [-0.2, 0) is 0 Å². The minimum absolute atomic E-state index is 0.0519. The van der Waals surface area contributed by atoms with Crippen LogP contribution in [0, 0.1) is 5.82 Å². The fraction of sp³-hybridized carbons (Fsp3) is 0. The van der Waals surface area contributed by atoms with Gasteiger partial charge < -0.3 is 10.4 Å². The van der Waals surface area contributed by atoms with Gasteiger partial charge in [-0.25, -0.2) is 9.18 Å². The van der Waals surface area contributed by atoms with Crippen molar-refractivity contribution >= 4 is 40.5 Å². The monoisotopic (exact) mass is 299 g/mol. The van der Waals surface area contributed by atoms with Crippen LogP contribution < -0.4 is 5.32 Å². The molecule has 0 aromatic heterocycles. The molecule has 0 aliphatic rings. The molecule has 0 heterocycles. The summed E-state index contributed by atoms with van der Waals surface area (Å²) in [5.74, 6) is -1.64. The number of carboxylic acids is 1. The van der Waals surface area contributed by atoms with E-state index in [-0.39, 0.29) is 10.6 Å². The minimum atomic E-state index is -1.09. The Balaban J connectivity index is 2.39. The average molecular weight is 300 g/mol. The fourth-order valence-corrected chi connectivity index (χ4v) is 1.89. The predicted octanol–water partition coefficient (Wildman–Crippen LogP) is 4.57. The van der Waals surface area contributed by atoms with E-state index in [0.717, 1.165) is 0 Å². The van der Waals surface area contributed by atoms with E-state index < -0.39 is 11.8 Å². The molecule has 0 aliphatic heterocycles. The van der Waals surface area contributed by atoms with E-state index in [1.807, 2.05) is 0 Å².